The molecular formula is C25H26N2O3S. The lowest BCUT2D eigenvalue weighted by Crippen LogP contribution is -2.31. The Morgan fingerprint density at radius 1 is 0.935 bits per heavy atom. The number of nitrogens with zero attached hydrogens (tertiary/aromatic N) is 1. The van der Waals surface area contributed by atoms with Crippen LogP contribution in [0.15, 0.2) is 77.7 Å². The number of amides is 1. The molecule has 3 aromatic rings. The lowest BCUT2D eigenvalue weighted by molar-refractivity contribution is 0.0940. The molecule has 1 atom stereocenters. The van der Waals surface area contributed by atoms with E-state index in [1.807, 2.05) is 6.92 Å². The second-order valence-corrected chi connectivity index (χ2v) is 9.85. The molecule has 0 bridgehead atoms. The number of hydrogen-bond acceptors (Lipinski definition) is 3. The second kappa shape index (κ2) is 8.55. The van der Waals surface area contributed by atoms with E-state index >= 15 is 0 Å². The molecule has 1 aliphatic rings. The van der Waals surface area contributed by atoms with Crippen molar-refractivity contribution >= 4 is 21.6 Å². The highest BCUT2D eigenvalue weighted by Crippen LogP contribution is 2.28. The van der Waals surface area contributed by atoms with Gasteiger partial charge in [-0.3, -0.25) is 9.10 Å². The van der Waals surface area contributed by atoms with Gasteiger partial charge in [-0.05, 0) is 67.1 Å². The highest BCUT2D eigenvalue weighted by molar-refractivity contribution is 7.92. The molecule has 1 aliphatic carbocycles. The first-order chi connectivity index (χ1) is 14.9. The van der Waals surface area contributed by atoms with Gasteiger partial charge < -0.3 is 5.32 Å². The van der Waals surface area contributed by atoms with Crippen LogP contribution in [0, 0.1) is 0 Å². The maximum atomic E-state index is 13.1. The monoisotopic (exact) mass is 434 g/mol. The van der Waals surface area contributed by atoms with Gasteiger partial charge in [-0.25, -0.2) is 8.42 Å². The van der Waals surface area contributed by atoms with Crippen LogP contribution in [0.5, 0.6) is 0 Å². The van der Waals surface area contributed by atoms with Gasteiger partial charge in [0, 0.05) is 7.05 Å². The zero-order chi connectivity index (χ0) is 22.0. The molecule has 0 fully saturated rings. The second-order valence-electron chi connectivity index (χ2n) is 7.88. The maximum Gasteiger partial charge on any atom is 0.264 e. The molecule has 0 saturated heterocycles. The molecule has 0 radical (unpaired) electrons. The van der Waals surface area contributed by atoms with Crippen molar-refractivity contribution in [3.63, 3.8) is 0 Å². The molecule has 4 rings (SSSR count). The van der Waals surface area contributed by atoms with Crippen molar-refractivity contribution < 1.29 is 13.2 Å². The molecule has 160 valence electrons. The third-order valence-corrected chi connectivity index (χ3v) is 7.65. The summed E-state index contributed by atoms with van der Waals surface area (Å²) in [5.41, 5.74) is 4.45. The van der Waals surface area contributed by atoms with Crippen molar-refractivity contribution in [1.29, 1.82) is 0 Å². The Kier molecular flexibility index (Phi) is 5.83. The normalized spacial score (nSPS) is 14.0. The number of nitrogens with one attached hydrogen (secondary N) is 1. The molecule has 0 saturated carbocycles. The number of carbonyl (C=O) groups is 1. The summed E-state index contributed by atoms with van der Waals surface area (Å²) < 4.78 is 27.3. The maximum absolute atomic E-state index is 13.1. The van der Waals surface area contributed by atoms with E-state index in [2.05, 4.69) is 23.5 Å². The molecule has 1 unspecified atom stereocenters. The topological polar surface area (TPSA) is 66.5 Å². The number of carbonyl (C=O) groups excluding carboxylic acids is 1. The van der Waals surface area contributed by atoms with E-state index in [-0.39, 0.29) is 16.8 Å². The lowest BCUT2D eigenvalue weighted by atomic mass is 10.0. The van der Waals surface area contributed by atoms with Crippen LogP contribution in [0.1, 0.15) is 46.4 Å². The summed E-state index contributed by atoms with van der Waals surface area (Å²) in [7, 11) is -2.31. The van der Waals surface area contributed by atoms with E-state index in [0.717, 1.165) is 22.7 Å². The summed E-state index contributed by atoms with van der Waals surface area (Å²) in [6.45, 7) is 1.95. The van der Waals surface area contributed by atoms with Crippen molar-refractivity contribution in [1.82, 2.24) is 5.32 Å². The average molecular weight is 435 g/mol. The molecule has 31 heavy (non-hydrogen) atoms. The SMILES string of the molecule is CC(NC(=O)c1ccccc1N(C)S(=O)(=O)c1ccccc1)c1ccc2c(c1)CCC2. The number of rotatable bonds is 6. The molecule has 1 N–H and O–H groups in total. The fourth-order valence-corrected chi connectivity index (χ4v) is 5.27. The fourth-order valence-electron chi connectivity index (χ4n) is 4.04. The quantitative estimate of drug-likeness (QED) is 0.622. The Morgan fingerprint density at radius 3 is 2.39 bits per heavy atom. The number of anilines is 1. The van der Waals surface area contributed by atoms with Crippen LogP contribution in [0.4, 0.5) is 5.69 Å². The Labute approximate surface area is 183 Å². The number of fused-ring (bicyclic) bond motifs is 1. The molecule has 0 spiro atoms. The standard InChI is InChI=1S/C25H26N2O3S/c1-18(20-16-15-19-9-8-10-21(19)17-20)26-25(28)23-13-6-7-14-24(23)27(2)31(29,30)22-11-4-3-5-12-22/h3-7,11-18H,8-10H2,1-2H3,(H,26,28). The van der Waals surface area contributed by atoms with E-state index in [1.165, 1.54) is 24.6 Å². The van der Waals surface area contributed by atoms with Crippen LogP contribution in [-0.4, -0.2) is 21.4 Å². The van der Waals surface area contributed by atoms with Crippen LogP contribution in [0.2, 0.25) is 0 Å². The fraction of sp³-hybridized carbons (Fsp3) is 0.240. The molecule has 0 heterocycles. The Hall–Kier alpha value is -3.12. The zero-order valence-corrected chi connectivity index (χ0v) is 18.5. The molecular weight excluding hydrogens is 408 g/mol. The summed E-state index contributed by atoms with van der Waals surface area (Å²) in [6, 6.07) is 21.2. The van der Waals surface area contributed by atoms with E-state index < -0.39 is 10.0 Å². The molecule has 3 aromatic carbocycles. The van der Waals surface area contributed by atoms with Crippen molar-refractivity contribution in [2.24, 2.45) is 0 Å². The minimum atomic E-state index is -3.78. The lowest BCUT2D eigenvalue weighted by Gasteiger charge is -2.23. The van der Waals surface area contributed by atoms with Gasteiger partial charge in [-0.2, -0.15) is 0 Å². The number of para-hydroxylation sites is 1. The van der Waals surface area contributed by atoms with Gasteiger partial charge in [0.25, 0.3) is 15.9 Å². The van der Waals surface area contributed by atoms with Crippen molar-refractivity contribution in [2.75, 3.05) is 11.4 Å². The minimum absolute atomic E-state index is 0.180. The van der Waals surface area contributed by atoms with Crippen LogP contribution in [0.3, 0.4) is 0 Å². The van der Waals surface area contributed by atoms with Crippen molar-refractivity contribution in [3.8, 4) is 0 Å². The number of benzene rings is 3. The molecule has 0 aromatic heterocycles. The average Bonchev–Trinajstić information content (AvgIpc) is 3.27. The number of sulfonamides is 1. The van der Waals surface area contributed by atoms with Gasteiger partial charge in [-0.1, -0.05) is 48.5 Å². The van der Waals surface area contributed by atoms with Gasteiger partial charge >= 0.3 is 0 Å². The highest BCUT2D eigenvalue weighted by Gasteiger charge is 2.25. The highest BCUT2D eigenvalue weighted by atomic mass is 32.2. The van der Waals surface area contributed by atoms with Gasteiger partial charge in [-0.15, -0.1) is 0 Å². The third-order valence-electron chi connectivity index (χ3n) is 5.86. The summed E-state index contributed by atoms with van der Waals surface area (Å²) in [5.74, 6) is -0.307. The van der Waals surface area contributed by atoms with Gasteiger partial charge in [0.05, 0.1) is 22.2 Å². The first-order valence-corrected chi connectivity index (χ1v) is 11.9. The predicted octanol–water partition coefficient (Wildman–Crippen LogP) is 4.49. The first-order valence-electron chi connectivity index (χ1n) is 10.4. The van der Waals surface area contributed by atoms with Crippen molar-refractivity contribution in [3.05, 3.63) is 95.1 Å². The zero-order valence-electron chi connectivity index (χ0n) is 17.7. The molecule has 5 nitrogen and oxygen atoms in total. The Balaban J connectivity index is 1.58. The summed E-state index contributed by atoms with van der Waals surface area (Å²) in [5, 5.41) is 3.03. The third kappa shape index (κ3) is 4.21. The first kappa shape index (κ1) is 21.1. The van der Waals surface area contributed by atoms with E-state index in [0.29, 0.717) is 11.3 Å². The minimum Gasteiger partial charge on any atom is -0.345 e. The van der Waals surface area contributed by atoms with Crippen LogP contribution >= 0.6 is 0 Å². The summed E-state index contributed by atoms with van der Waals surface area (Å²) in [4.78, 5) is 13.3. The predicted molar refractivity (Wildman–Crippen MR) is 123 cm³/mol. The van der Waals surface area contributed by atoms with Gasteiger partial charge in [0.1, 0.15) is 0 Å². The van der Waals surface area contributed by atoms with Crippen molar-refractivity contribution in [2.45, 2.75) is 37.1 Å². The smallest absolute Gasteiger partial charge is 0.264 e. The van der Waals surface area contributed by atoms with E-state index in [1.54, 1.807) is 54.6 Å². The van der Waals surface area contributed by atoms with Gasteiger partial charge in [0.2, 0.25) is 0 Å². The van der Waals surface area contributed by atoms with Crippen LogP contribution in [0.25, 0.3) is 0 Å². The number of aryl methyl sites for hydroxylation is 2. The Morgan fingerprint density at radius 2 is 1.61 bits per heavy atom. The van der Waals surface area contributed by atoms with Gasteiger partial charge in [0.15, 0.2) is 0 Å². The van der Waals surface area contributed by atoms with Crippen LogP contribution < -0.4 is 9.62 Å². The Bertz CT molecular complexity index is 1210. The summed E-state index contributed by atoms with van der Waals surface area (Å²) in [6.07, 6.45) is 3.37. The van der Waals surface area contributed by atoms with E-state index in [9.17, 15) is 13.2 Å². The number of hydrogen-bond donors (Lipinski definition) is 1. The summed E-state index contributed by atoms with van der Waals surface area (Å²) >= 11 is 0. The largest absolute Gasteiger partial charge is 0.345 e. The molecule has 1 amide bonds. The van der Waals surface area contributed by atoms with E-state index in [4.69, 9.17) is 0 Å². The molecule has 0 aliphatic heterocycles. The molecule has 6 heteroatoms. The van der Waals surface area contributed by atoms with Crippen LogP contribution in [-0.2, 0) is 22.9 Å².